The Morgan fingerprint density at radius 1 is 1.26 bits per heavy atom. The Balaban J connectivity index is 1.60. The quantitative estimate of drug-likeness (QED) is 0.410. The molecule has 0 spiro atoms. The number of rotatable bonds is 8. The molecule has 27 heavy (non-hydrogen) atoms. The summed E-state index contributed by atoms with van der Waals surface area (Å²) < 4.78 is 16.4. The molecule has 3 rings (SSSR count). The van der Waals surface area contributed by atoms with Gasteiger partial charge in [-0.25, -0.2) is 0 Å². The van der Waals surface area contributed by atoms with E-state index in [0.717, 1.165) is 0 Å². The number of furan rings is 1. The molecule has 8 heteroatoms. The fraction of sp³-hybridized carbons (Fsp3) is 0.263. The van der Waals surface area contributed by atoms with Crippen molar-refractivity contribution in [3.63, 3.8) is 0 Å². The monoisotopic (exact) mass is 406 g/mol. The minimum atomic E-state index is -0.175. The van der Waals surface area contributed by atoms with Gasteiger partial charge in [-0.2, -0.15) is 0 Å². The van der Waals surface area contributed by atoms with E-state index in [1.807, 2.05) is 0 Å². The van der Waals surface area contributed by atoms with Crippen LogP contribution in [0.3, 0.4) is 0 Å². The van der Waals surface area contributed by atoms with Crippen molar-refractivity contribution in [1.29, 1.82) is 0 Å². The summed E-state index contributed by atoms with van der Waals surface area (Å²) in [6.07, 6.45) is 2.35. The second-order valence-electron chi connectivity index (χ2n) is 5.84. The summed E-state index contributed by atoms with van der Waals surface area (Å²) in [5.74, 6) is 1.70. The van der Waals surface area contributed by atoms with Gasteiger partial charge in [0, 0.05) is 31.4 Å². The zero-order chi connectivity index (χ0) is 19.2. The van der Waals surface area contributed by atoms with Crippen LogP contribution in [0.4, 0.5) is 0 Å². The molecule has 1 aliphatic rings. The van der Waals surface area contributed by atoms with Gasteiger partial charge in [-0.3, -0.25) is 9.69 Å². The standard InChI is InChI=1S/C19H19ClN2O4S/c1-24-10-2-9-22-18(23)17(21-19(22)27)11-15-7-8-16(26-15)12-25-14-5-3-13(20)4-6-14/h3-8,11H,2,9-10,12H2,1H3,(H,21,27)/b17-11+. The summed E-state index contributed by atoms with van der Waals surface area (Å²) in [4.78, 5) is 14.0. The van der Waals surface area contributed by atoms with E-state index >= 15 is 0 Å². The van der Waals surface area contributed by atoms with Crippen molar-refractivity contribution in [3.8, 4) is 5.75 Å². The number of ether oxygens (including phenoxy) is 2. The number of nitrogens with one attached hydrogen (secondary N) is 1. The Labute approximate surface area is 167 Å². The maximum atomic E-state index is 12.4. The highest BCUT2D eigenvalue weighted by Gasteiger charge is 2.30. The van der Waals surface area contributed by atoms with E-state index in [1.54, 1.807) is 49.6 Å². The smallest absolute Gasteiger partial charge is 0.276 e. The van der Waals surface area contributed by atoms with Crippen molar-refractivity contribution in [2.24, 2.45) is 0 Å². The molecule has 0 aliphatic carbocycles. The Morgan fingerprint density at radius 2 is 2.04 bits per heavy atom. The molecule has 1 N–H and O–H groups in total. The molecule has 6 nitrogen and oxygen atoms in total. The van der Waals surface area contributed by atoms with Crippen LogP contribution in [-0.4, -0.2) is 36.2 Å². The number of benzene rings is 1. The molecule has 1 fully saturated rings. The van der Waals surface area contributed by atoms with E-state index in [4.69, 9.17) is 37.7 Å². The van der Waals surface area contributed by atoms with E-state index < -0.39 is 0 Å². The molecular formula is C19H19ClN2O4S. The normalized spacial score (nSPS) is 15.5. The molecule has 1 saturated heterocycles. The Kier molecular flexibility index (Phi) is 6.49. The van der Waals surface area contributed by atoms with Crippen LogP contribution in [0.5, 0.6) is 5.75 Å². The number of carbonyl (C=O) groups is 1. The lowest BCUT2D eigenvalue weighted by molar-refractivity contribution is -0.122. The van der Waals surface area contributed by atoms with Crippen LogP contribution in [0.2, 0.25) is 5.02 Å². The number of nitrogens with zero attached hydrogens (tertiary/aromatic N) is 1. The SMILES string of the molecule is COCCCN1C(=O)/C(=C\c2ccc(COc3ccc(Cl)cc3)o2)NC1=S. The highest BCUT2D eigenvalue weighted by molar-refractivity contribution is 7.80. The van der Waals surface area contributed by atoms with Crippen molar-refractivity contribution >= 4 is 40.9 Å². The number of carbonyl (C=O) groups excluding carboxylic acids is 1. The van der Waals surface area contributed by atoms with Gasteiger partial charge in [-0.15, -0.1) is 0 Å². The zero-order valence-corrected chi connectivity index (χ0v) is 16.3. The molecule has 0 bridgehead atoms. The lowest BCUT2D eigenvalue weighted by Crippen LogP contribution is -2.32. The van der Waals surface area contributed by atoms with E-state index in [-0.39, 0.29) is 12.5 Å². The molecule has 0 radical (unpaired) electrons. The van der Waals surface area contributed by atoms with Gasteiger partial charge in [0.15, 0.2) is 5.11 Å². The predicted molar refractivity (Wildman–Crippen MR) is 106 cm³/mol. The number of methoxy groups -OCH3 is 1. The first kappa shape index (κ1) is 19.4. The molecule has 142 valence electrons. The second kappa shape index (κ2) is 9.03. The molecule has 0 atom stereocenters. The Morgan fingerprint density at radius 3 is 2.78 bits per heavy atom. The van der Waals surface area contributed by atoms with E-state index in [2.05, 4.69) is 5.32 Å². The van der Waals surface area contributed by atoms with Gasteiger partial charge >= 0.3 is 0 Å². The summed E-state index contributed by atoms with van der Waals surface area (Å²) in [6.45, 7) is 1.35. The first-order valence-electron chi connectivity index (χ1n) is 8.37. The number of hydrogen-bond acceptors (Lipinski definition) is 5. The highest BCUT2D eigenvalue weighted by atomic mass is 35.5. The fourth-order valence-corrected chi connectivity index (χ4v) is 2.93. The fourth-order valence-electron chi connectivity index (χ4n) is 2.52. The molecule has 1 amide bonds. The molecule has 1 aromatic heterocycles. The van der Waals surface area contributed by atoms with E-state index in [9.17, 15) is 4.79 Å². The van der Waals surface area contributed by atoms with Crippen molar-refractivity contribution in [1.82, 2.24) is 10.2 Å². The number of hydrogen-bond donors (Lipinski definition) is 1. The minimum absolute atomic E-state index is 0.175. The minimum Gasteiger partial charge on any atom is -0.486 e. The van der Waals surface area contributed by atoms with Crippen LogP contribution >= 0.6 is 23.8 Å². The second-order valence-corrected chi connectivity index (χ2v) is 6.66. The predicted octanol–water partition coefficient (Wildman–Crippen LogP) is 3.61. The maximum absolute atomic E-state index is 12.4. The topological polar surface area (TPSA) is 63.9 Å². The van der Waals surface area contributed by atoms with Crippen molar-refractivity contribution < 1.29 is 18.7 Å². The molecule has 0 unspecified atom stereocenters. The third-order valence-electron chi connectivity index (χ3n) is 3.86. The number of thiocarbonyl (C=S) groups is 1. The summed E-state index contributed by atoms with van der Waals surface area (Å²) in [6, 6.07) is 10.7. The highest BCUT2D eigenvalue weighted by Crippen LogP contribution is 2.19. The summed E-state index contributed by atoms with van der Waals surface area (Å²) in [5, 5.41) is 3.97. The van der Waals surface area contributed by atoms with Gasteiger partial charge in [0.2, 0.25) is 0 Å². The summed E-state index contributed by atoms with van der Waals surface area (Å²) >= 11 is 11.1. The molecule has 1 aliphatic heterocycles. The van der Waals surface area contributed by atoms with Gasteiger partial charge in [0.25, 0.3) is 5.91 Å². The van der Waals surface area contributed by atoms with Crippen molar-refractivity contribution in [3.05, 3.63) is 58.6 Å². The number of halogens is 1. The average Bonchev–Trinajstić information content (AvgIpc) is 3.21. The molecule has 2 heterocycles. The van der Waals surface area contributed by atoms with Crippen LogP contribution in [0.15, 0.2) is 46.5 Å². The molecule has 0 saturated carbocycles. The molecule has 2 aromatic rings. The van der Waals surface area contributed by atoms with Crippen LogP contribution < -0.4 is 10.1 Å². The van der Waals surface area contributed by atoms with E-state index in [0.29, 0.717) is 52.7 Å². The van der Waals surface area contributed by atoms with Crippen molar-refractivity contribution in [2.45, 2.75) is 13.0 Å². The summed E-state index contributed by atoms with van der Waals surface area (Å²) in [7, 11) is 1.62. The van der Waals surface area contributed by atoms with Crippen LogP contribution in [0, 0.1) is 0 Å². The number of amides is 1. The lowest BCUT2D eigenvalue weighted by atomic mass is 10.3. The van der Waals surface area contributed by atoms with Crippen LogP contribution in [0.1, 0.15) is 17.9 Å². The van der Waals surface area contributed by atoms with Gasteiger partial charge in [0.1, 0.15) is 29.6 Å². The Bertz CT molecular complexity index is 848. The summed E-state index contributed by atoms with van der Waals surface area (Å²) in [5.41, 5.74) is 0.386. The third-order valence-corrected chi connectivity index (χ3v) is 4.43. The van der Waals surface area contributed by atoms with Crippen LogP contribution in [-0.2, 0) is 16.1 Å². The first-order valence-corrected chi connectivity index (χ1v) is 9.16. The zero-order valence-electron chi connectivity index (χ0n) is 14.7. The first-order chi connectivity index (χ1) is 13.1. The van der Waals surface area contributed by atoms with Gasteiger partial charge < -0.3 is 19.2 Å². The molecule has 1 aromatic carbocycles. The average molecular weight is 407 g/mol. The molecular weight excluding hydrogens is 388 g/mol. The Hall–Kier alpha value is -2.35. The van der Waals surface area contributed by atoms with Gasteiger partial charge in [-0.05, 0) is 55.0 Å². The van der Waals surface area contributed by atoms with Gasteiger partial charge in [0.05, 0.1) is 0 Å². The third kappa shape index (κ3) is 5.09. The van der Waals surface area contributed by atoms with Crippen molar-refractivity contribution in [2.75, 3.05) is 20.3 Å². The van der Waals surface area contributed by atoms with Gasteiger partial charge in [-0.1, -0.05) is 11.6 Å². The van der Waals surface area contributed by atoms with Crippen LogP contribution in [0.25, 0.3) is 6.08 Å². The largest absolute Gasteiger partial charge is 0.486 e. The lowest BCUT2D eigenvalue weighted by Gasteiger charge is -2.12. The van der Waals surface area contributed by atoms with E-state index in [1.165, 1.54) is 4.90 Å². The maximum Gasteiger partial charge on any atom is 0.276 e.